The molecule has 2 N–H and O–H groups in total. The fraction of sp³-hybridized carbons (Fsp3) is 0.0714. The van der Waals surface area contributed by atoms with Crippen LogP contribution < -0.4 is 5.73 Å². The molecule has 2 aromatic carbocycles. The Morgan fingerprint density at radius 1 is 1.19 bits per heavy atom. The van der Waals surface area contributed by atoms with E-state index in [1.807, 2.05) is 30.3 Å². The van der Waals surface area contributed by atoms with Crippen molar-refractivity contribution < 1.29 is 0 Å². The first-order valence-electron chi connectivity index (χ1n) is 5.13. The highest BCUT2D eigenvalue weighted by atomic mass is 14.5. The molecule has 2 aromatic rings. The van der Waals surface area contributed by atoms with E-state index in [-0.39, 0.29) is 6.54 Å². The molecule has 0 atom stereocenters. The van der Waals surface area contributed by atoms with Crippen LogP contribution in [0.1, 0.15) is 5.56 Å². The van der Waals surface area contributed by atoms with E-state index in [1.54, 1.807) is 0 Å². The Labute approximate surface area is 94.6 Å². The van der Waals surface area contributed by atoms with Crippen molar-refractivity contribution in [2.24, 2.45) is 5.73 Å². The van der Waals surface area contributed by atoms with Crippen molar-refractivity contribution in [3.8, 4) is 6.07 Å². The lowest BCUT2D eigenvalue weighted by Gasteiger charge is -2.00. The van der Waals surface area contributed by atoms with Gasteiger partial charge >= 0.3 is 0 Å². The molecule has 2 rings (SSSR count). The minimum atomic E-state index is 0.281. The number of rotatable bonds is 2. The number of benzene rings is 2. The highest BCUT2D eigenvalue weighted by Crippen LogP contribution is 2.17. The third kappa shape index (κ3) is 2.10. The second-order valence-corrected chi connectivity index (χ2v) is 3.59. The Balaban J connectivity index is 2.48. The molecule has 0 bridgehead atoms. The van der Waals surface area contributed by atoms with E-state index >= 15 is 0 Å². The van der Waals surface area contributed by atoms with Crippen LogP contribution in [0, 0.1) is 11.3 Å². The summed E-state index contributed by atoms with van der Waals surface area (Å²) in [5, 5.41) is 11.2. The van der Waals surface area contributed by atoms with Gasteiger partial charge in [-0.15, -0.1) is 0 Å². The van der Waals surface area contributed by atoms with Gasteiger partial charge in [0, 0.05) is 12.1 Å². The third-order valence-corrected chi connectivity index (χ3v) is 2.48. The van der Waals surface area contributed by atoms with E-state index < -0.39 is 0 Å². The minimum absolute atomic E-state index is 0.281. The normalized spacial score (nSPS) is 11.4. The summed E-state index contributed by atoms with van der Waals surface area (Å²) in [5.41, 5.74) is 7.06. The molecule has 2 heteroatoms. The van der Waals surface area contributed by atoms with Crippen LogP contribution in [0.4, 0.5) is 0 Å². The lowest BCUT2D eigenvalue weighted by Crippen LogP contribution is -2.00. The molecular formula is C14H12N2. The van der Waals surface area contributed by atoms with Crippen molar-refractivity contribution in [3.63, 3.8) is 0 Å². The fourth-order valence-corrected chi connectivity index (χ4v) is 1.64. The van der Waals surface area contributed by atoms with E-state index in [4.69, 9.17) is 11.0 Å². The number of fused-ring (bicyclic) bond motifs is 1. The van der Waals surface area contributed by atoms with Gasteiger partial charge in [-0.2, -0.15) is 5.26 Å². The molecular weight excluding hydrogens is 196 g/mol. The van der Waals surface area contributed by atoms with Crippen LogP contribution in [0.3, 0.4) is 0 Å². The van der Waals surface area contributed by atoms with Gasteiger partial charge in [0.25, 0.3) is 0 Å². The molecule has 0 aliphatic carbocycles. The van der Waals surface area contributed by atoms with Gasteiger partial charge < -0.3 is 5.73 Å². The summed E-state index contributed by atoms with van der Waals surface area (Å²) < 4.78 is 0. The van der Waals surface area contributed by atoms with Gasteiger partial charge in [-0.3, -0.25) is 0 Å². The van der Waals surface area contributed by atoms with Crippen molar-refractivity contribution in [3.05, 3.63) is 53.6 Å². The predicted molar refractivity (Wildman–Crippen MR) is 66.6 cm³/mol. The van der Waals surface area contributed by atoms with E-state index in [9.17, 15) is 0 Å². The topological polar surface area (TPSA) is 49.8 Å². The van der Waals surface area contributed by atoms with Crippen molar-refractivity contribution in [2.75, 3.05) is 6.54 Å². The summed E-state index contributed by atoms with van der Waals surface area (Å²) in [6.07, 6.45) is 1.83. The second kappa shape index (κ2) is 4.61. The number of hydrogen-bond donors (Lipinski definition) is 1. The quantitative estimate of drug-likeness (QED) is 0.771. The summed E-state index contributed by atoms with van der Waals surface area (Å²) in [6.45, 7) is 0.281. The summed E-state index contributed by atoms with van der Waals surface area (Å²) in [6, 6.07) is 16.3. The van der Waals surface area contributed by atoms with Crippen LogP contribution in [0.5, 0.6) is 0 Å². The predicted octanol–water partition coefficient (Wildman–Crippen LogP) is 2.71. The number of nitrogens with two attached hydrogens (primary N) is 1. The van der Waals surface area contributed by atoms with Crippen molar-refractivity contribution in [2.45, 2.75) is 0 Å². The maximum Gasteiger partial charge on any atom is 0.0960 e. The first kappa shape index (κ1) is 10.4. The molecule has 0 saturated heterocycles. The second-order valence-electron chi connectivity index (χ2n) is 3.59. The molecule has 0 radical (unpaired) electrons. The highest BCUT2D eigenvalue weighted by molar-refractivity contribution is 5.84. The minimum Gasteiger partial charge on any atom is -0.326 e. The molecule has 0 aromatic heterocycles. The van der Waals surface area contributed by atoms with Crippen molar-refractivity contribution in [1.29, 1.82) is 5.26 Å². The smallest absolute Gasteiger partial charge is 0.0960 e. The Morgan fingerprint density at radius 3 is 2.62 bits per heavy atom. The molecule has 0 fully saturated rings. The lowest BCUT2D eigenvalue weighted by atomic mass is 10.1. The Morgan fingerprint density at radius 2 is 1.94 bits per heavy atom. The average molecular weight is 208 g/mol. The van der Waals surface area contributed by atoms with E-state index in [1.165, 1.54) is 10.8 Å². The van der Waals surface area contributed by atoms with Gasteiger partial charge in [-0.05, 0) is 28.5 Å². The fourth-order valence-electron chi connectivity index (χ4n) is 1.64. The lowest BCUT2D eigenvalue weighted by molar-refractivity contribution is 1.20. The summed E-state index contributed by atoms with van der Waals surface area (Å²) >= 11 is 0. The summed E-state index contributed by atoms with van der Waals surface area (Å²) in [5.74, 6) is 0. The van der Waals surface area contributed by atoms with Crippen LogP contribution in [-0.2, 0) is 0 Å². The maximum atomic E-state index is 8.80. The molecule has 0 saturated carbocycles. The highest BCUT2D eigenvalue weighted by Gasteiger charge is 1.96. The van der Waals surface area contributed by atoms with Crippen LogP contribution in [0.25, 0.3) is 16.8 Å². The Hall–Kier alpha value is -2.11. The first-order valence-corrected chi connectivity index (χ1v) is 5.13. The van der Waals surface area contributed by atoms with E-state index in [2.05, 4.69) is 24.3 Å². The Kier molecular flexibility index (Phi) is 3.00. The van der Waals surface area contributed by atoms with E-state index in [0.29, 0.717) is 5.57 Å². The molecule has 0 spiro atoms. The molecule has 2 nitrogen and oxygen atoms in total. The SMILES string of the molecule is N#C/C(=C\c1ccc2ccccc2c1)CN. The standard InChI is InChI=1S/C14H12N2/c15-9-12(10-16)7-11-5-6-13-3-1-2-4-14(13)8-11/h1-8H,9,15H2/b12-7-. The number of nitriles is 1. The third-order valence-electron chi connectivity index (χ3n) is 2.48. The average Bonchev–Trinajstić information content (AvgIpc) is 2.35. The van der Waals surface area contributed by atoms with Gasteiger partial charge in [0.15, 0.2) is 0 Å². The molecule has 0 aliphatic rings. The molecule has 0 heterocycles. The molecule has 16 heavy (non-hydrogen) atoms. The van der Waals surface area contributed by atoms with Crippen LogP contribution >= 0.6 is 0 Å². The molecule has 0 unspecified atom stereocenters. The molecule has 0 aliphatic heterocycles. The monoisotopic (exact) mass is 208 g/mol. The van der Waals surface area contributed by atoms with Gasteiger partial charge in [0.2, 0.25) is 0 Å². The van der Waals surface area contributed by atoms with Crippen molar-refractivity contribution in [1.82, 2.24) is 0 Å². The molecule has 0 amide bonds. The zero-order valence-corrected chi connectivity index (χ0v) is 8.85. The number of nitrogens with zero attached hydrogens (tertiary/aromatic N) is 1. The largest absolute Gasteiger partial charge is 0.326 e. The van der Waals surface area contributed by atoms with E-state index in [0.717, 1.165) is 5.56 Å². The van der Waals surface area contributed by atoms with Gasteiger partial charge in [0.1, 0.15) is 0 Å². The number of hydrogen-bond acceptors (Lipinski definition) is 2. The van der Waals surface area contributed by atoms with Crippen LogP contribution in [0.15, 0.2) is 48.0 Å². The Bertz CT molecular complexity index is 577. The van der Waals surface area contributed by atoms with Gasteiger partial charge in [-0.1, -0.05) is 36.4 Å². The zero-order chi connectivity index (χ0) is 11.4. The van der Waals surface area contributed by atoms with Crippen LogP contribution in [0.2, 0.25) is 0 Å². The summed E-state index contributed by atoms with van der Waals surface area (Å²) in [4.78, 5) is 0. The van der Waals surface area contributed by atoms with Crippen molar-refractivity contribution >= 4 is 16.8 Å². The first-order chi connectivity index (χ1) is 7.83. The zero-order valence-electron chi connectivity index (χ0n) is 8.85. The molecule has 78 valence electrons. The van der Waals surface area contributed by atoms with Gasteiger partial charge in [-0.25, -0.2) is 0 Å². The van der Waals surface area contributed by atoms with Gasteiger partial charge in [0.05, 0.1) is 6.07 Å². The van der Waals surface area contributed by atoms with Crippen LogP contribution in [-0.4, -0.2) is 6.54 Å². The summed E-state index contributed by atoms with van der Waals surface area (Å²) in [7, 11) is 0. The maximum absolute atomic E-state index is 8.80.